The predicted molar refractivity (Wildman–Crippen MR) is 134 cm³/mol. The van der Waals surface area contributed by atoms with Gasteiger partial charge in [-0.15, -0.1) is 0 Å². The Morgan fingerprint density at radius 1 is 1.03 bits per heavy atom. The second-order valence-electron chi connectivity index (χ2n) is 8.54. The van der Waals surface area contributed by atoms with Gasteiger partial charge < -0.3 is 15.6 Å². The third kappa shape index (κ3) is 6.20. The highest BCUT2D eigenvalue weighted by Gasteiger charge is 2.14. The summed E-state index contributed by atoms with van der Waals surface area (Å²) in [4.78, 5) is 15.9. The van der Waals surface area contributed by atoms with Gasteiger partial charge in [-0.2, -0.15) is 0 Å². The average molecular weight is 422 g/mol. The van der Waals surface area contributed by atoms with E-state index in [1.54, 1.807) is 11.8 Å². The smallest absolute Gasteiger partial charge is 0.219 e. The summed E-state index contributed by atoms with van der Waals surface area (Å²) in [7, 11) is 0. The molecule has 0 saturated heterocycles. The molecule has 3 N–H and O–H groups in total. The number of aryl methyl sites for hydroxylation is 2. The summed E-state index contributed by atoms with van der Waals surface area (Å²) in [6.45, 7) is 16.6. The van der Waals surface area contributed by atoms with Gasteiger partial charge in [-0.05, 0) is 87.5 Å². The summed E-state index contributed by atoms with van der Waals surface area (Å²) in [5.41, 5.74) is 14.9. The van der Waals surface area contributed by atoms with Crippen LogP contribution in [-0.4, -0.2) is 35.4 Å². The van der Waals surface area contributed by atoms with Gasteiger partial charge in [0.15, 0.2) is 0 Å². The number of benzene rings is 2. The molecule has 0 aliphatic heterocycles. The number of aromatic amines is 1. The lowest BCUT2D eigenvalue weighted by molar-refractivity contribution is -0.128. The maximum absolute atomic E-state index is 10.5. The first-order valence-electron chi connectivity index (χ1n) is 11.4. The lowest BCUT2D eigenvalue weighted by Gasteiger charge is -2.14. The van der Waals surface area contributed by atoms with Crippen LogP contribution in [0.3, 0.4) is 0 Å². The molecule has 4 heteroatoms. The summed E-state index contributed by atoms with van der Waals surface area (Å²) < 4.78 is 0. The predicted octanol–water partition coefficient (Wildman–Crippen LogP) is 5.95. The standard InChI is InChI=1S/C21H26N2.C6H13NO/c1-13(2)16-5-6-20-19(12-16)18(7-8-22)21(23-20)17-10-14(3)9-15(4)11-17;1-4-7(5-2)6(3)8/h5-6,9-13,23H,7-8,22H2,1-4H3;4-5H2,1-3H3. The van der Waals surface area contributed by atoms with Crippen molar-refractivity contribution in [2.24, 2.45) is 5.73 Å². The maximum Gasteiger partial charge on any atom is 0.219 e. The first-order chi connectivity index (χ1) is 14.7. The minimum atomic E-state index is 0.162. The molecule has 3 aromatic rings. The van der Waals surface area contributed by atoms with Gasteiger partial charge in [-0.3, -0.25) is 4.79 Å². The van der Waals surface area contributed by atoms with Crippen LogP contribution in [0, 0.1) is 13.8 Å². The molecular weight excluding hydrogens is 382 g/mol. The highest BCUT2D eigenvalue weighted by molar-refractivity contribution is 5.91. The van der Waals surface area contributed by atoms with E-state index in [0.29, 0.717) is 12.5 Å². The number of nitrogens with zero attached hydrogens (tertiary/aromatic N) is 1. The fraction of sp³-hybridized carbons (Fsp3) is 0.444. The Morgan fingerprint density at radius 2 is 1.65 bits per heavy atom. The Kier molecular flexibility index (Phi) is 8.88. The van der Waals surface area contributed by atoms with E-state index >= 15 is 0 Å². The highest BCUT2D eigenvalue weighted by atomic mass is 16.2. The highest BCUT2D eigenvalue weighted by Crippen LogP contribution is 2.33. The summed E-state index contributed by atoms with van der Waals surface area (Å²) in [6.07, 6.45) is 0.893. The molecule has 168 valence electrons. The maximum atomic E-state index is 10.5. The van der Waals surface area contributed by atoms with E-state index in [9.17, 15) is 4.79 Å². The van der Waals surface area contributed by atoms with Gasteiger partial charge in [0.1, 0.15) is 0 Å². The van der Waals surface area contributed by atoms with Crippen molar-refractivity contribution in [1.82, 2.24) is 9.88 Å². The van der Waals surface area contributed by atoms with Crippen LogP contribution in [0.4, 0.5) is 0 Å². The molecule has 0 fully saturated rings. The van der Waals surface area contributed by atoms with Crippen LogP contribution in [0.5, 0.6) is 0 Å². The number of H-pyrrole nitrogens is 1. The Balaban J connectivity index is 0.000000366. The van der Waals surface area contributed by atoms with Gasteiger partial charge in [0.25, 0.3) is 0 Å². The van der Waals surface area contributed by atoms with Crippen LogP contribution >= 0.6 is 0 Å². The molecular formula is C27H39N3O. The van der Waals surface area contributed by atoms with Crippen LogP contribution in [0.25, 0.3) is 22.2 Å². The average Bonchev–Trinajstić information content (AvgIpc) is 3.06. The molecule has 0 atom stereocenters. The molecule has 2 aromatic carbocycles. The number of nitrogens with two attached hydrogens (primary N) is 1. The fourth-order valence-electron chi connectivity index (χ4n) is 4.06. The first kappa shape index (κ1) is 24.7. The quantitative estimate of drug-likeness (QED) is 0.516. The normalized spacial score (nSPS) is 10.9. The largest absolute Gasteiger partial charge is 0.354 e. The zero-order chi connectivity index (χ0) is 23.1. The van der Waals surface area contributed by atoms with E-state index in [-0.39, 0.29) is 5.91 Å². The minimum Gasteiger partial charge on any atom is -0.354 e. The number of carbonyl (C=O) groups is 1. The van der Waals surface area contributed by atoms with Crippen molar-refractivity contribution in [3.63, 3.8) is 0 Å². The monoisotopic (exact) mass is 421 g/mol. The lowest BCUT2D eigenvalue weighted by atomic mass is 9.97. The molecule has 0 radical (unpaired) electrons. The summed E-state index contributed by atoms with van der Waals surface area (Å²) in [5, 5.41) is 1.32. The molecule has 0 unspecified atom stereocenters. The molecule has 0 aliphatic rings. The van der Waals surface area contributed by atoms with Crippen molar-refractivity contribution >= 4 is 16.8 Å². The fourth-order valence-corrected chi connectivity index (χ4v) is 4.06. The Morgan fingerprint density at radius 3 is 2.10 bits per heavy atom. The van der Waals surface area contributed by atoms with Gasteiger partial charge in [0.05, 0.1) is 0 Å². The van der Waals surface area contributed by atoms with Crippen molar-refractivity contribution < 1.29 is 4.79 Å². The van der Waals surface area contributed by atoms with Crippen LogP contribution in [0.1, 0.15) is 62.8 Å². The number of amides is 1. The minimum absolute atomic E-state index is 0.162. The topological polar surface area (TPSA) is 62.1 Å². The Hall–Kier alpha value is -2.59. The van der Waals surface area contributed by atoms with E-state index in [0.717, 1.165) is 19.5 Å². The molecule has 31 heavy (non-hydrogen) atoms. The molecule has 1 amide bonds. The first-order valence-corrected chi connectivity index (χ1v) is 11.4. The zero-order valence-corrected chi connectivity index (χ0v) is 20.3. The van der Waals surface area contributed by atoms with E-state index in [2.05, 4.69) is 69.1 Å². The number of aromatic nitrogens is 1. The third-order valence-corrected chi connectivity index (χ3v) is 5.71. The Labute approximate surface area is 187 Å². The number of hydrogen-bond acceptors (Lipinski definition) is 2. The third-order valence-electron chi connectivity index (χ3n) is 5.71. The van der Waals surface area contributed by atoms with E-state index in [1.807, 2.05) is 13.8 Å². The lowest BCUT2D eigenvalue weighted by Crippen LogP contribution is -2.27. The molecule has 1 aromatic heterocycles. The van der Waals surface area contributed by atoms with Crippen LogP contribution < -0.4 is 5.73 Å². The molecule has 1 heterocycles. The number of rotatable bonds is 6. The van der Waals surface area contributed by atoms with Gasteiger partial charge >= 0.3 is 0 Å². The van der Waals surface area contributed by atoms with Crippen molar-refractivity contribution in [3.8, 4) is 11.3 Å². The second-order valence-corrected chi connectivity index (χ2v) is 8.54. The van der Waals surface area contributed by atoms with Crippen LogP contribution in [-0.2, 0) is 11.2 Å². The molecule has 0 spiro atoms. The van der Waals surface area contributed by atoms with E-state index < -0.39 is 0 Å². The van der Waals surface area contributed by atoms with Crippen molar-refractivity contribution in [1.29, 1.82) is 0 Å². The number of carbonyl (C=O) groups excluding carboxylic acids is 1. The SMILES string of the molecule is CCN(CC)C(C)=O.Cc1cc(C)cc(-c2[nH]c3ccc(C(C)C)cc3c2CCN)c1. The number of hydrogen-bond donors (Lipinski definition) is 2. The van der Waals surface area contributed by atoms with Crippen LogP contribution in [0.2, 0.25) is 0 Å². The molecule has 4 nitrogen and oxygen atoms in total. The Bertz CT molecular complexity index is 992. The van der Waals surface area contributed by atoms with E-state index in [4.69, 9.17) is 5.73 Å². The van der Waals surface area contributed by atoms with Crippen molar-refractivity contribution in [2.75, 3.05) is 19.6 Å². The zero-order valence-electron chi connectivity index (χ0n) is 20.3. The van der Waals surface area contributed by atoms with Gasteiger partial charge in [-0.1, -0.05) is 37.1 Å². The summed E-state index contributed by atoms with van der Waals surface area (Å²) in [5.74, 6) is 0.694. The van der Waals surface area contributed by atoms with Gasteiger partial charge in [0.2, 0.25) is 5.91 Å². The summed E-state index contributed by atoms with van der Waals surface area (Å²) in [6, 6.07) is 13.5. The molecule has 0 aliphatic carbocycles. The van der Waals surface area contributed by atoms with Crippen LogP contribution in [0.15, 0.2) is 36.4 Å². The van der Waals surface area contributed by atoms with E-state index in [1.165, 1.54) is 44.4 Å². The molecule has 3 rings (SSSR count). The van der Waals surface area contributed by atoms with Crippen molar-refractivity contribution in [2.45, 2.75) is 60.8 Å². The van der Waals surface area contributed by atoms with Crippen molar-refractivity contribution in [3.05, 3.63) is 58.7 Å². The van der Waals surface area contributed by atoms with Gasteiger partial charge in [0, 0.05) is 36.6 Å². The number of nitrogens with one attached hydrogen (secondary N) is 1. The summed E-state index contributed by atoms with van der Waals surface area (Å²) >= 11 is 0. The molecule has 0 saturated carbocycles. The second kappa shape index (κ2) is 11.1. The number of fused-ring (bicyclic) bond motifs is 1. The molecule has 0 bridgehead atoms. The van der Waals surface area contributed by atoms with Gasteiger partial charge in [-0.25, -0.2) is 0 Å².